The van der Waals surface area contributed by atoms with Crippen molar-refractivity contribution in [2.24, 2.45) is 0 Å². The average Bonchev–Trinajstić information content (AvgIpc) is 2.64. The predicted octanol–water partition coefficient (Wildman–Crippen LogP) is 3.41. The molecule has 2 heterocycles. The number of ether oxygens (including phenoxy) is 1. The van der Waals surface area contributed by atoms with Gasteiger partial charge in [0.1, 0.15) is 0 Å². The van der Waals surface area contributed by atoms with Gasteiger partial charge in [0.25, 0.3) is 0 Å². The Morgan fingerprint density at radius 2 is 2.25 bits per heavy atom. The molecule has 0 aliphatic heterocycles. The molecule has 84 valence electrons. The summed E-state index contributed by atoms with van der Waals surface area (Å²) in [5.41, 5.74) is 0. The maximum Gasteiger partial charge on any atom is 0.321 e. The molecule has 2 aromatic rings. The lowest BCUT2D eigenvalue weighted by molar-refractivity contribution is 0.312. The quantitative estimate of drug-likeness (QED) is 0.869. The summed E-state index contributed by atoms with van der Waals surface area (Å²) in [6.45, 7) is 2.35. The first-order chi connectivity index (χ1) is 7.70. The third-order valence-corrected chi connectivity index (χ3v) is 3.68. The summed E-state index contributed by atoms with van der Waals surface area (Å²) >= 11 is 10.7. The van der Waals surface area contributed by atoms with Crippen LogP contribution in [0.3, 0.4) is 0 Å². The number of hydrogen-bond donors (Lipinski definition) is 0. The van der Waals surface area contributed by atoms with Gasteiger partial charge in [0, 0.05) is 4.47 Å². The molecule has 0 fully saturated rings. The largest absolute Gasteiger partial charge is 0.464 e. The minimum absolute atomic E-state index is 0.133. The highest BCUT2D eigenvalue weighted by atomic mass is 79.9. The van der Waals surface area contributed by atoms with Crippen LogP contribution in [0.2, 0.25) is 5.28 Å². The van der Waals surface area contributed by atoms with E-state index in [9.17, 15) is 0 Å². The second kappa shape index (κ2) is 5.07. The van der Waals surface area contributed by atoms with E-state index in [-0.39, 0.29) is 11.3 Å². The molecule has 0 atom stereocenters. The molecule has 0 unspecified atom stereocenters. The van der Waals surface area contributed by atoms with Gasteiger partial charge in [-0.3, -0.25) is 0 Å². The van der Waals surface area contributed by atoms with Crippen LogP contribution >= 0.6 is 38.9 Å². The van der Waals surface area contributed by atoms with Crippen LogP contribution in [0.4, 0.5) is 0 Å². The van der Waals surface area contributed by atoms with E-state index in [2.05, 4.69) is 30.9 Å². The number of thiophene rings is 1. The molecule has 2 aromatic heterocycles. The van der Waals surface area contributed by atoms with Crippen molar-refractivity contribution < 1.29 is 4.74 Å². The van der Waals surface area contributed by atoms with Crippen molar-refractivity contribution >= 4 is 38.9 Å². The average molecular weight is 321 g/mol. The van der Waals surface area contributed by atoms with Crippen molar-refractivity contribution in [3.63, 3.8) is 0 Å². The summed E-state index contributed by atoms with van der Waals surface area (Å²) in [4.78, 5) is 13.0. The molecule has 0 aliphatic rings. The molecule has 16 heavy (non-hydrogen) atoms. The Hall–Kier alpha value is -0.720. The van der Waals surface area contributed by atoms with Gasteiger partial charge in [-0.15, -0.1) is 11.3 Å². The van der Waals surface area contributed by atoms with Gasteiger partial charge in [-0.1, -0.05) is 0 Å². The van der Waals surface area contributed by atoms with Crippen LogP contribution in [0, 0.1) is 0 Å². The Morgan fingerprint density at radius 3 is 2.88 bits per heavy atom. The molecule has 7 heteroatoms. The molecule has 0 saturated heterocycles. The lowest BCUT2D eigenvalue weighted by Crippen LogP contribution is -2.00. The van der Waals surface area contributed by atoms with Gasteiger partial charge in [-0.25, -0.2) is 0 Å². The minimum atomic E-state index is 0.133. The van der Waals surface area contributed by atoms with E-state index in [1.165, 1.54) is 11.3 Å². The lowest BCUT2D eigenvalue weighted by atomic mass is 10.4. The van der Waals surface area contributed by atoms with Crippen LogP contribution in [0.15, 0.2) is 15.9 Å². The Labute approximate surface area is 110 Å². The zero-order valence-corrected chi connectivity index (χ0v) is 11.4. The molecule has 0 N–H and O–H groups in total. The predicted molar refractivity (Wildman–Crippen MR) is 67.0 cm³/mol. The van der Waals surface area contributed by atoms with Gasteiger partial charge in [0.2, 0.25) is 5.28 Å². The topological polar surface area (TPSA) is 47.9 Å². The molecule has 4 nitrogen and oxygen atoms in total. The van der Waals surface area contributed by atoms with E-state index in [0.29, 0.717) is 12.4 Å². The van der Waals surface area contributed by atoms with Crippen molar-refractivity contribution in [2.75, 3.05) is 6.61 Å². The minimum Gasteiger partial charge on any atom is -0.464 e. The highest BCUT2D eigenvalue weighted by Crippen LogP contribution is 2.32. The molecular weight excluding hydrogens is 314 g/mol. The van der Waals surface area contributed by atoms with Crippen LogP contribution in [0.5, 0.6) is 6.01 Å². The number of halogens is 2. The zero-order chi connectivity index (χ0) is 11.5. The Morgan fingerprint density at radius 1 is 1.44 bits per heavy atom. The van der Waals surface area contributed by atoms with Crippen LogP contribution in [-0.2, 0) is 0 Å². The summed E-state index contributed by atoms with van der Waals surface area (Å²) in [5, 5.41) is 2.08. The first-order valence-corrected chi connectivity index (χ1v) is 6.53. The fraction of sp³-hybridized carbons (Fsp3) is 0.222. The standard InChI is InChI=1S/C9H7BrClN3OS/c1-2-15-9-13-7(12-8(11)14-9)6-5(10)3-4-16-6/h3-4H,2H2,1H3. The smallest absolute Gasteiger partial charge is 0.321 e. The summed E-state index contributed by atoms with van der Waals surface area (Å²) in [7, 11) is 0. The lowest BCUT2D eigenvalue weighted by Gasteiger charge is -2.03. The van der Waals surface area contributed by atoms with Gasteiger partial charge >= 0.3 is 6.01 Å². The summed E-state index contributed by atoms with van der Waals surface area (Å²) in [5.74, 6) is 0.519. The number of aromatic nitrogens is 3. The summed E-state index contributed by atoms with van der Waals surface area (Å²) in [6, 6.07) is 2.18. The molecule has 0 amide bonds. The highest BCUT2D eigenvalue weighted by molar-refractivity contribution is 9.10. The third-order valence-electron chi connectivity index (χ3n) is 1.68. The molecular formula is C9H7BrClN3OS. The Kier molecular flexibility index (Phi) is 3.73. The van der Waals surface area contributed by atoms with Crippen molar-refractivity contribution in [1.82, 2.24) is 15.0 Å². The molecule has 0 bridgehead atoms. The Bertz CT molecular complexity index is 505. The van der Waals surface area contributed by atoms with Crippen molar-refractivity contribution in [2.45, 2.75) is 6.92 Å². The molecule has 0 saturated carbocycles. The van der Waals surface area contributed by atoms with Crippen LogP contribution in [0.25, 0.3) is 10.7 Å². The highest BCUT2D eigenvalue weighted by Gasteiger charge is 2.11. The van der Waals surface area contributed by atoms with Gasteiger partial charge in [-0.2, -0.15) is 15.0 Å². The monoisotopic (exact) mass is 319 g/mol. The number of rotatable bonds is 3. The second-order valence-electron chi connectivity index (χ2n) is 2.74. The van der Waals surface area contributed by atoms with Crippen LogP contribution in [-0.4, -0.2) is 21.6 Å². The molecule has 2 rings (SSSR count). The first kappa shape index (κ1) is 11.8. The van der Waals surface area contributed by atoms with Crippen molar-refractivity contribution in [3.05, 3.63) is 21.2 Å². The summed E-state index contributed by atoms with van der Waals surface area (Å²) in [6.07, 6.45) is 0. The number of hydrogen-bond acceptors (Lipinski definition) is 5. The van der Waals surface area contributed by atoms with E-state index in [4.69, 9.17) is 16.3 Å². The van der Waals surface area contributed by atoms with E-state index in [1.54, 1.807) is 0 Å². The molecule has 0 aliphatic carbocycles. The maximum atomic E-state index is 5.80. The van der Waals surface area contributed by atoms with Crippen molar-refractivity contribution in [1.29, 1.82) is 0 Å². The summed E-state index contributed by atoms with van der Waals surface area (Å²) < 4.78 is 6.14. The fourth-order valence-electron chi connectivity index (χ4n) is 1.08. The SMILES string of the molecule is CCOc1nc(Cl)nc(-c2sccc2Br)n1. The van der Waals surface area contributed by atoms with Crippen LogP contribution < -0.4 is 4.74 Å². The van der Waals surface area contributed by atoms with Gasteiger partial charge in [0.05, 0.1) is 11.5 Å². The first-order valence-electron chi connectivity index (χ1n) is 4.48. The van der Waals surface area contributed by atoms with E-state index >= 15 is 0 Å². The third kappa shape index (κ3) is 2.50. The normalized spacial score (nSPS) is 10.4. The molecule has 0 spiro atoms. The van der Waals surface area contributed by atoms with Crippen LogP contribution in [0.1, 0.15) is 6.92 Å². The van der Waals surface area contributed by atoms with Gasteiger partial charge in [0.15, 0.2) is 5.82 Å². The van der Waals surface area contributed by atoms with E-state index in [1.807, 2.05) is 18.4 Å². The van der Waals surface area contributed by atoms with Gasteiger partial charge in [-0.05, 0) is 45.9 Å². The maximum absolute atomic E-state index is 5.80. The van der Waals surface area contributed by atoms with Gasteiger partial charge < -0.3 is 4.74 Å². The van der Waals surface area contributed by atoms with E-state index in [0.717, 1.165) is 9.35 Å². The molecule has 0 radical (unpaired) electrons. The van der Waals surface area contributed by atoms with Crippen molar-refractivity contribution in [3.8, 4) is 16.7 Å². The zero-order valence-electron chi connectivity index (χ0n) is 8.28. The Balaban J connectivity index is 2.45. The fourth-order valence-corrected chi connectivity index (χ4v) is 2.72. The molecule has 0 aromatic carbocycles. The second-order valence-corrected chi connectivity index (χ2v) is 4.85. The number of nitrogens with zero attached hydrogens (tertiary/aromatic N) is 3. The van der Waals surface area contributed by atoms with E-state index < -0.39 is 0 Å².